The van der Waals surface area contributed by atoms with Crippen molar-refractivity contribution in [3.63, 3.8) is 0 Å². The van der Waals surface area contributed by atoms with Crippen LogP contribution < -0.4 is 10.6 Å². The monoisotopic (exact) mass is 270 g/mol. The summed E-state index contributed by atoms with van der Waals surface area (Å²) in [5.41, 5.74) is 3.68. The Morgan fingerprint density at radius 2 is 1.70 bits per heavy atom. The zero-order valence-electron chi connectivity index (χ0n) is 11.6. The summed E-state index contributed by atoms with van der Waals surface area (Å²) in [5, 5.41) is 6.00. The van der Waals surface area contributed by atoms with E-state index in [1.165, 1.54) is 5.56 Å². The van der Waals surface area contributed by atoms with Gasteiger partial charge in [0, 0.05) is 5.69 Å². The van der Waals surface area contributed by atoms with Gasteiger partial charge < -0.3 is 10.1 Å². The number of anilines is 3. The van der Waals surface area contributed by atoms with Crippen molar-refractivity contribution < 1.29 is 9.53 Å². The largest absolute Gasteiger partial charge is 0.450 e. The third-order valence-electron chi connectivity index (χ3n) is 2.77. The molecule has 20 heavy (non-hydrogen) atoms. The number of carbonyl (C=O) groups is 1. The van der Waals surface area contributed by atoms with Gasteiger partial charge in [-0.3, -0.25) is 5.32 Å². The molecule has 2 aromatic carbocycles. The van der Waals surface area contributed by atoms with Gasteiger partial charge in [0.1, 0.15) is 0 Å². The van der Waals surface area contributed by atoms with Crippen molar-refractivity contribution in [2.45, 2.75) is 13.8 Å². The van der Waals surface area contributed by atoms with Crippen LogP contribution in [0, 0.1) is 6.92 Å². The number of aryl methyl sites for hydroxylation is 1. The summed E-state index contributed by atoms with van der Waals surface area (Å²) in [7, 11) is 0. The van der Waals surface area contributed by atoms with E-state index in [9.17, 15) is 4.79 Å². The molecule has 0 radical (unpaired) electrons. The van der Waals surface area contributed by atoms with E-state index < -0.39 is 6.09 Å². The van der Waals surface area contributed by atoms with E-state index in [-0.39, 0.29) is 0 Å². The first kappa shape index (κ1) is 13.9. The van der Waals surface area contributed by atoms with Gasteiger partial charge in [0.15, 0.2) is 0 Å². The van der Waals surface area contributed by atoms with Crippen LogP contribution in [0.2, 0.25) is 0 Å². The lowest BCUT2D eigenvalue weighted by Gasteiger charge is -2.13. The molecule has 2 aromatic rings. The topological polar surface area (TPSA) is 50.4 Å². The van der Waals surface area contributed by atoms with Crippen molar-refractivity contribution in [3.05, 3.63) is 54.1 Å². The first-order valence-electron chi connectivity index (χ1n) is 6.55. The fourth-order valence-electron chi connectivity index (χ4n) is 1.77. The molecule has 4 heteroatoms. The maximum absolute atomic E-state index is 11.5. The molecule has 0 bridgehead atoms. The molecular formula is C16H18N2O2. The van der Waals surface area contributed by atoms with E-state index in [4.69, 9.17) is 4.74 Å². The summed E-state index contributed by atoms with van der Waals surface area (Å²) in [5.74, 6) is 0. The molecule has 0 saturated heterocycles. The van der Waals surface area contributed by atoms with Crippen LogP contribution in [-0.4, -0.2) is 12.7 Å². The lowest BCUT2D eigenvalue weighted by Crippen LogP contribution is -2.14. The van der Waals surface area contributed by atoms with Crippen molar-refractivity contribution in [2.75, 3.05) is 17.2 Å². The van der Waals surface area contributed by atoms with Gasteiger partial charge in [-0.1, -0.05) is 29.8 Å². The third kappa shape index (κ3) is 3.75. The van der Waals surface area contributed by atoms with Gasteiger partial charge in [0.05, 0.1) is 18.0 Å². The maximum atomic E-state index is 11.5. The van der Waals surface area contributed by atoms with Crippen LogP contribution in [-0.2, 0) is 4.74 Å². The Balaban J connectivity index is 2.15. The molecule has 0 aliphatic carbocycles. The summed E-state index contributed by atoms with van der Waals surface area (Å²) in [6.45, 7) is 4.16. The molecule has 0 aromatic heterocycles. The summed E-state index contributed by atoms with van der Waals surface area (Å²) in [4.78, 5) is 11.5. The fourth-order valence-corrected chi connectivity index (χ4v) is 1.77. The first-order valence-corrected chi connectivity index (χ1v) is 6.55. The van der Waals surface area contributed by atoms with Crippen LogP contribution in [0.15, 0.2) is 48.5 Å². The van der Waals surface area contributed by atoms with Gasteiger partial charge in [-0.2, -0.15) is 0 Å². The molecule has 104 valence electrons. The molecule has 4 nitrogen and oxygen atoms in total. The van der Waals surface area contributed by atoms with Crippen molar-refractivity contribution in [1.29, 1.82) is 0 Å². The molecule has 0 aliphatic heterocycles. The predicted octanol–water partition coefficient (Wildman–Crippen LogP) is 4.31. The first-order chi connectivity index (χ1) is 9.69. The molecule has 1 amide bonds. The smallest absolute Gasteiger partial charge is 0.411 e. The Labute approximate surface area is 118 Å². The Morgan fingerprint density at radius 3 is 2.35 bits per heavy atom. The minimum Gasteiger partial charge on any atom is -0.450 e. The molecule has 0 unspecified atom stereocenters. The van der Waals surface area contributed by atoms with Gasteiger partial charge in [0.25, 0.3) is 0 Å². The van der Waals surface area contributed by atoms with E-state index in [0.29, 0.717) is 12.3 Å². The summed E-state index contributed by atoms with van der Waals surface area (Å²) >= 11 is 0. The third-order valence-corrected chi connectivity index (χ3v) is 2.77. The van der Waals surface area contributed by atoms with Crippen molar-refractivity contribution >= 4 is 23.2 Å². The molecule has 0 aliphatic rings. The fraction of sp³-hybridized carbons (Fsp3) is 0.188. The number of amides is 1. The Morgan fingerprint density at radius 1 is 1.05 bits per heavy atom. The highest BCUT2D eigenvalue weighted by Crippen LogP contribution is 2.25. The van der Waals surface area contributed by atoms with Gasteiger partial charge in [0.2, 0.25) is 0 Å². The zero-order valence-corrected chi connectivity index (χ0v) is 11.6. The number of hydrogen-bond donors (Lipinski definition) is 2. The van der Waals surface area contributed by atoms with Crippen LogP contribution in [0.1, 0.15) is 12.5 Å². The molecule has 0 saturated carbocycles. The number of benzene rings is 2. The molecule has 0 fully saturated rings. The number of carbonyl (C=O) groups excluding carboxylic acids is 1. The minimum atomic E-state index is -0.453. The highest BCUT2D eigenvalue weighted by molar-refractivity contribution is 5.90. The highest BCUT2D eigenvalue weighted by Gasteiger charge is 2.06. The van der Waals surface area contributed by atoms with Gasteiger partial charge in [-0.25, -0.2) is 4.79 Å². The van der Waals surface area contributed by atoms with E-state index in [1.54, 1.807) is 6.92 Å². The van der Waals surface area contributed by atoms with E-state index in [1.807, 2.05) is 55.5 Å². The lowest BCUT2D eigenvalue weighted by molar-refractivity contribution is 0.168. The van der Waals surface area contributed by atoms with Crippen molar-refractivity contribution in [1.82, 2.24) is 0 Å². The number of rotatable bonds is 4. The second kappa shape index (κ2) is 6.61. The second-order valence-electron chi connectivity index (χ2n) is 4.38. The van der Waals surface area contributed by atoms with Crippen molar-refractivity contribution in [2.24, 2.45) is 0 Å². The molecule has 0 atom stereocenters. The quantitative estimate of drug-likeness (QED) is 0.870. The second-order valence-corrected chi connectivity index (χ2v) is 4.38. The number of para-hydroxylation sites is 2. The van der Waals surface area contributed by atoms with Gasteiger partial charge in [-0.15, -0.1) is 0 Å². The lowest BCUT2D eigenvalue weighted by atomic mass is 10.2. The van der Waals surface area contributed by atoms with Crippen LogP contribution in [0.4, 0.5) is 21.9 Å². The van der Waals surface area contributed by atoms with Crippen LogP contribution in [0.25, 0.3) is 0 Å². The molecule has 0 spiro atoms. The summed E-state index contributed by atoms with van der Waals surface area (Å²) < 4.78 is 4.89. The van der Waals surface area contributed by atoms with E-state index >= 15 is 0 Å². The average Bonchev–Trinajstić information content (AvgIpc) is 2.44. The Kier molecular flexibility index (Phi) is 4.60. The Bertz CT molecular complexity index is 579. The van der Waals surface area contributed by atoms with Crippen LogP contribution in [0.5, 0.6) is 0 Å². The number of hydrogen-bond acceptors (Lipinski definition) is 3. The minimum absolute atomic E-state index is 0.347. The van der Waals surface area contributed by atoms with Gasteiger partial charge >= 0.3 is 6.09 Å². The Hall–Kier alpha value is -2.49. The van der Waals surface area contributed by atoms with Crippen LogP contribution >= 0.6 is 0 Å². The average molecular weight is 270 g/mol. The maximum Gasteiger partial charge on any atom is 0.411 e. The highest BCUT2D eigenvalue weighted by atomic mass is 16.5. The van der Waals surface area contributed by atoms with E-state index in [2.05, 4.69) is 10.6 Å². The van der Waals surface area contributed by atoms with Crippen molar-refractivity contribution in [3.8, 4) is 0 Å². The molecule has 0 heterocycles. The van der Waals surface area contributed by atoms with Gasteiger partial charge in [-0.05, 0) is 38.1 Å². The SMILES string of the molecule is CCOC(=O)Nc1ccccc1Nc1ccc(C)cc1. The normalized spacial score (nSPS) is 9.90. The molecular weight excluding hydrogens is 252 g/mol. The predicted molar refractivity (Wildman–Crippen MR) is 81.5 cm³/mol. The molecule has 2 N–H and O–H groups in total. The summed E-state index contributed by atoms with van der Waals surface area (Å²) in [6.07, 6.45) is -0.453. The van der Waals surface area contributed by atoms with Crippen LogP contribution in [0.3, 0.4) is 0 Å². The number of nitrogens with one attached hydrogen (secondary N) is 2. The molecule has 2 rings (SSSR count). The summed E-state index contributed by atoms with van der Waals surface area (Å²) in [6, 6.07) is 15.6. The van der Waals surface area contributed by atoms with E-state index in [0.717, 1.165) is 11.4 Å². The number of ether oxygens (including phenoxy) is 1. The zero-order chi connectivity index (χ0) is 14.4. The standard InChI is InChI=1S/C16H18N2O2/c1-3-20-16(19)18-15-7-5-4-6-14(15)17-13-10-8-12(2)9-11-13/h4-11,17H,3H2,1-2H3,(H,18,19).